The molecule has 0 aliphatic carbocycles. The fraction of sp³-hybridized carbons (Fsp3) is 0.188. The van der Waals surface area contributed by atoms with E-state index in [1.165, 1.54) is 18.0 Å². The molecule has 22 heavy (non-hydrogen) atoms. The molecule has 0 saturated carbocycles. The topological polar surface area (TPSA) is 83.7 Å². The van der Waals surface area contributed by atoms with Gasteiger partial charge in [0.05, 0.1) is 19.0 Å². The van der Waals surface area contributed by atoms with Crippen molar-refractivity contribution in [2.24, 2.45) is 5.10 Å². The van der Waals surface area contributed by atoms with Crippen molar-refractivity contribution in [3.63, 3.8) is 0 Å². The lowest BCUT2D eigenvalue weighted by molar-refractivity contribution is -0.139. The van der Waals surface area contributed by atoms with E-state index < -0.39 is 11.8 Å². The number of amides is 2. The summed E-state index contributed by atoms with van der Waals surface area (Å²) in [5, 5.41) is 6.18. The number of furan rings is 1. The Morgan fingerprint density at radius 2 is 1.95 bits per heavy atom. The molecular weight excluding hydrogens is 282 g/mol. The molecule has 0 bridgehead atoms. The molecule has 0 spiro atoms. The van der Waals surface area contributed by atoms with Gasteiger partial charge in [0.2, 0.25) is 0 Å². The van der Waals surface area contributed by atoms with E-state index in [0.717, 1.165) is 12.0 Å². The van der Waals surface area contributed by atoms with Crippen LogP contribution < -0.4 is 10.7 Å². The maximum absolute atomic E-state index is 11.5. The summed E-state index contributed by atoms with van der Waals surface area (Å²) in [7, 11) is 0. The molecule has 0 fully saturated rings. The lowest BCUT2D eigenvalue weighted by Gasteiger charge is -2.01. The molecule has 2 N–H and O–H groups in total. The Bertz CT molecular complexity index is 646. The van der Waals surface area contributed by atoms with E-state index in [1.54, 1.807) is 12.1 Å². The zero-order valence-corrected chi connectivity index (χ0v) is 12.2. The van der Waals surface area contributed by atoms with E-state index in [1.807, 2.05) is 24.3 Å². The summed E-state index contributed by atoms with van der Waals surface area (Å²) in [6, 6.07) is 11.2. The summed E-state index contributed by atoms with van der Waals surface area (Å²) in [6.45, 7) is 2.23. The summed E-state index contributed by atoms with van der Waals surface area (Å²) in [5.74, 6) is -1.02. The van der Waals surface area contributed by atoms with Crippen molar-refractivity contribution in [2.75, 3.05) is 0 Å². The molecule has 6 heteroatoms. The van der Waals surface area contributed by atoms with Gasteiger partial charge in [-0.3, -0.25) is 9.59 Å². The van der Waals surface area contributed by atoms with E-state index in [4.69, 9.17) is 4.42 Å². The molecule has 0 aliphatic heterocycles. The minimum Gasteiger partial charge on any atom is -0.467 e. The van der Waals surface area contributed by atoms with Gasteiger partial charge in [0.15, 0.2) is 0 Å². The van der Waals surface area contributed by atoms with Gasteiger partial charge in [-0.1, -0.05) is 31.2 Å². The highest BCUT2D eigenvalue weighted by Crippen LogP contribution is 2.02. The fourth-order valence-corrected chi connectivity index (χ4v) is 1.72. The van der Waals surface area contributed by atoms with E-state index in [2.05, 4.69) is 22.8 Å². The number of hydrogen-bond acceptors (Lipinski definition) is 4. The lowest BCUT2D eigenvalue weighted by Crippen LogP contribution is -2.37. The Balaban J connectivity index is 1.78. The van der Waals surface area contributed by atoms with Crippen LogP contribution >= 0.6 is 0 Å². The zero-order chi connectivity index (χ0) is 15.8. The average Bonchev–Trinajstić information content (AvgIpc) is 3.06. The van der Waals surface area contributed by atoms with Crippen molar-refractivity contribution >= 4 is 18.0 Å². The predicted octanol–water partition coefficient (Wildman–Crippen LogP) is 1.61. The first-order valence-corrected chi connectivity index (χ1v) is 6.91. The van der Waals surface area contributed by atoms with E-state index >= 15 is 0 Å². The van der Waals surface area contributed by atoms with E-state index in [9.17, 15) is 9.59 Å². The first-order valence-electron chi connectivity index (χ1n) is 6.91. The normalized spacial score (nSPS) is 10.6. The molecule has 6 nitrogen and oxygen atoms in total. The molecular formula is C16H17N3O3. The fourth-order valence-electron chi connectivity index (χ4n) is 1.72. The Morgan fingerprint density at radius 3 is 2.59 bits per heavy atom. The van der Waals surface area contributed by atoms with Crippen molar-refractivity contribution in [3.05, 3.63) is 59.5 Å². The number of benzene rings is 1. The summed E-state index contributed by atoms with van der Waals surface area (Å²) in [6.07, 6.45) is 3.94. The number of hydrogen-bond donors (Lipinski definition) is 2. The van der Waals surface area contributed by atoms with Crippen LogP contribution in [0.15, 0.2) is 52.2 Å². The van der Waals surface area contributed by atoms with Crippen LogP contribution in [-0.2, 0) is 22.6 Å². The molecule has 0 radical (unpaired) electrons. The number of aryl methyl sites for hydroxylation is 1. The molecule has 2 aromatic rings. The highest BCUT2D eigenvalue weighted by atomic mass is 16.3. The maximum Gasteiger partial charge on any atom is 0.329 e. The number of carbonyl (C=O) groups excluding carboxylic acids is 2. The summed E-state index contributed by atoms with van der Waals surface area (Å²) < 4.78 is 5.05. The van der Waals surface area contributed by atoms with Crippen LogP contribution in [0.5, 0.6) is 0 Å². The minimum atomic E-state index is -0.826. The number of nitrogens with one attached hydrogen (secondary N) is 2. The number of rotatable bonds is 5. The largest absolute Gasteiger partial charge is 0.467 e. The smallest absolute Gasteiger partial charge is 0.329 e. The summed E-state index contributed by atoms with van der Waals surface area (Å²) in [4.78, 5) is 23.1. The zero-order valence-electron chi connectivity index (χ0n) is 12.2. The van der Waals surface area contributed by atoms with Gasteiger partial charge in [0.1, 0.15) is 5.76 Å². The first-order chi connectivity index (χ1) is 10.7. The van der Waals surface area contributed by atoms with Crippen LogP contribution in [0.2, 0.25) is 0 Å². The van der Waals surface area contributed by atoms with Crippen LogP contribution in [0.1, 0.15) is 23.8 Å². The number of hydrazone groups is 1. The van der Waals surface area contributed by atoms with Crippen LogP contribution in [0, 0.1) is 0 Å². The second-order valence-electron chi connectivity index (χ2n) is 4.56. The predicted molar refractivity (Wildman–Crippen MR) is 82.1 cm³/mol. The lowest BCUT2D eigenvalue weighted by atomic mass is 10.1. The summed E-state index contributed by atoms with van der Waals surface area (Å²) >= 11 is 0. The van der Waals surface area contributed by atoms with Crippen LogP contribution in [0.3, 0.4) is 0 Å². The van der Waals surface area contributed by atoms with Crippen LogP contribution in [0.25, 0.3) is 0 Å². The van der Waals surface area contributed by atoms with Gasteiger partial charge in [-0.15, -0.1) is 0 Å². The van der Waals surface area contributed by atoms with Crippen LogP contribution in [0.4, 0.5) is 0 Å². The standard InChI is InChI=1S/C16H17N3O3/c1-2-12-5-7-13(8-6-12)10-18-19-16(21)15(20)17-11-14-4-3-9-22-14/h3-10H,2,11H2,1H3,(H,17,20)(H,19,21)/b18-10-. The molecule has 2 amide bonds. The minimum absolute atomic E-state index is 0.154. The van der Waals surface area contributed by atoms with Crippen molar-refractivity contribution in [1.29, 1.82) is 0 Å². The van der Waals surface area contributed by atoms with Gasteiger partial charge < -0.3 is 9.73 Å². The molecule has 0 saturated heterocycles. The molecule has 1 aromatic carbocycles. The van der Waals surface area contributed by atoms with Crippen molar-refractivity contribution in [3.8, 4) is 0 Å². The molecule has 0 unspecified atom stereocenters. The monoisotopic (exact) mass is 299 g/mol. The number of carbonyl (C=O) groups is 2. The molecule has 0 aliphatic rings. The molecule has 1 aromatic heterocycles. The Hall–Kier alpha value is -2.89. The SMILES string of the molecule is CCc1ccc(/C=N\NC(=O)C(=O)NCc2ccco2)cc1. The van der Waals surface area contributed by atoms with Crippen molar-refractivity contribution in [2.45, 2.75) is 19.9 Å². The average molecular weight is 299 g/mol. The van der Waals surface area contributed by atoms with Gasteiger partial charge in [-0.25, -0.2) is 5.43 Å². The second kappa shape index (κ2) is 7.78. The third-order valence-corrected chi connectivity index (χ3v) is 2.98. The summed E-state index contributed by atoms with van der Waals surface area (Å²) in [5.41, 5.74) is 4.24. The Labute approximate surface area is 128 Å². The third-order valence-electron chi connectivity index (χ3n) is 2.98. The van der Waals surface area contributed by atoms with Gasteiger partial charge in [-0.2, -0.15) is 5.10 Å². The molecule has 2 rings (SSSR count). The molecule has 114 valence electrons. The highest BCUT2D eigenvalue weighted by Gasteiger charge is 2.12. The number of nitrogens with zero attached hydrogens (tertiary/aromatic N) is 1. The third kappa shape index (κ3) is 4.59. The molecule has 1 heterocycles. The van der Waals surface area contributed by atoms with Gasteiger partial charge in [-0.05, 0) is 29.7 Å². The Kier molecular flexibility index (Phi) is 5.48. The maximum atomic E-state index is 11.5. The quantitative estimate of drug-likeness (QED) is 0.500. The van der Waals surface area contributed by atoms with E-state index in [-0.39, 0.29) is 6.54 Å². The first kappa shape index (κ1) is 15.5. The van der Waals surface area contributed by atoms with Crippen molar-refractivity contribution in [1.82, 2.24) is 10.7 Å². The van der Waals surface area contributed by atoms with Gasteiger partial charge in [0, 0.05) is 0 Å². The van der Waals surface area contributed by atoms with Crippen LogP contribution in [-0.4, -0.2) is 18.0 Å². The van der Waals surface area contributed by atoms with Gasteiger partial charge in [0.25, 0.3) is 0 Å². The molecule has 0 atom stereocenters. The Morgan fingerprint density at radius 1 is 1.18 bits per heavy atom. The second-order valence-corrected chi connectivity index (χ2v) is 4.56. The van der Waals surface area contributed by atoms with E-state index in [0.29, 0.717) is 5.76 Å². The van der Waals surface area contributed by atoms with Crippen molar-refractivity contribution < 1.29 is 14.0 Å². The highest BCUT2D eigenvalue weighted by molar-refractivity contribution is 6.35. The van der Waals surface area contributed by atoms with Gasteiger partial charge >= 0.3 is 11.8 Å².